The van der Waals surface area contributed by atoms with Gasteiger partial charge in [-0.25, -0.2) is 9.37 Å². The first-order valence-corrected chi connectivity index (χ1v) is 6.35. The van der Waals surface area contributed by atoms with Gasteiger partial charge in [0.25, 0.3) is 0 Å². The van der Waals surface area contributed by atoms with Crippen LogP contribution in [0.3, 0.4) is 0 Å². The zero-order valence-electron chi connectivity index (χ0n) is 10.1. The minimum atomic E-state index is -0.268. The molecule has 0 atom stereocenters. The molecule has 3 N–H and O–H groups in total. The van der Waals surface area contributed by atoms with Crippen molar-refractivity contribution in [2.75, 3.05) is 5.43 Å². The van der Waals surface area contributed by atoms with E-state index in [-0.39, 0.29) is 5.82 Å². The van der Waals surface area contributed by atoms with E-state index < -0.39 is 0 Å². The second kappa shape index (κ2) is 4.53. The molecule has 18 heavy (non-hydrogen) atoms. The fourth-order valence-electron chi connectivity index (χ4n) is 2.80. The highest BCUT2D eigenvalue weighted by atomic mass is 19.1. The van der Waals surface area contributed by atoms with Crippen LogP contribution in [0.5, 0.6) is 0 Å². The van der Waals surface area contributed by atoms with Crippen molar-refractivity contribution < 1.29 is 4.39 Å². The number of anilines is 1. The summed E-state index contributed by atoms with van der Waals surface area (Å²) >= 11 is 0. The molecular formula is C14H16FN3. The van der Waals surface area contributed by atoms with E-state index in [9.17, 15) is 4.39 Å². The molecule has 1 aliphatic carbocycles. The number of hydrazine groups is 1. The molecule has 0 aliphatic heterocycles. The Morgan fingerprint density at radius 1 is 1.28 bits per heavy atom. The number of hydrogen-bond donors (Lipinski definition) is 2. The third-order valence-corrected chi connectivity index (χ3v) is 3.72. The standard InChI is InChI=1S/C14H16FN3/c15-11-7-3-6-10-8-12(18-16)14(17-13(10)11)9-4-1-2-5-9/h3,6-9,18H,1-2,4-5,16H2. The molecule has 1 aromatic heterocycles. The van der Waals surface area contributed by atoms with Gasteiger partial charge in [0.2, 0.25) is 0 Å². The SMILES string of the molecule is NNc1cc2cccc(F)c2nc1C1CCCC1. The number of nitrogens with zero attached hydrogens (tertiary/aromatic N) is 1. The highest BCUT2D eigenvalue weighted by Gasteiger charge is 2.22. The van der Waals surface area contributed by atoms with E-state index in [4.69, 9.17) is 5.84 Å². The molecule has 2 aromatic rings. The van der Waals surface area contributed by atoms with Crippen molar-refractivity contribution >= 4 is 16.6 Å². The topological polar surface area (TPSA) is 50.9 Å². The van der Waals surface area contributed by atoms with Gasteiger partial charge >= 0.3 is 0 Å². The monoisotopic (exact) mass is 245 g/mol. The normalized spacial score (nSPS) is 16.3. The lowest BCUT2D eigenvalue weighted by Gasteiger charge is -2.15. The van der Waals surface area contributed by atoms with Crippen molar-refractivity contribution in [2.45, 2.75) is 31.6 Å². The van der Waals surface area contributed by atoms with E-state index in [1.807, 2.05) is 12.1 Å². The lowest BCUT2D eigenvalue weighted by atomic mass is 10.0. The first-order chi connectivity index (χ1) is 8.79. The number of para-hydroxylation sites is 1. The summed E-state index contributed by atoms with van der Waals surface area (Å²) in [7, 11) is 0. The lowest BCUT2D eigenvalue weighted by Crippen LogP contribution is -2.12. The van der Waals surface area contributed by atoms with Gasteiger partial charge in [0.05, 0.1) is 11.4 Å². The number of hydrogen-bond acceptors (Lipinski definition) is 3. The molecule has 94 valence electrons. The molecule has 1 fully saturated rings. The lowest BCUT2D eigenvalue weighted by molar-refractivity contribution is 0.633. The van der Waals surface area contributed by atoms with E-state index in [1.54, 1.807) is 6.07 Å². The van der Waals surface area contributed by atoms with Gasteiger partial charge in [-0.2, -0.15) is 0 Å². The first kappa shape index (κ1) is 11.4. The van der Waals surface area contributed by atoms with Crippen molar-refractivity contribution in [3.63, 3.8) is 0 Å². The van der Waals surface area contributed by atoms with Gasteiger partial charge in [0.15, 0.2) is 0 Å². The van der Waals surface area contributed by atoms with Gasteiger partial charge < -0.3 is 5.43 Å². The Hall–Kier alpha value is -1.68. The van der Waals surface area contributed by atoms with Crippen molar-refractivity contribution in [1.82, 2.24) is 4.98 Å². The Bertz CT molecular complexity index is 577. The molecule has 3 nitrogen and oxygen atoms in total. The van der Waals surface area contributed by atoms with Crippen molar-refractivity contribution in [3.05, 3.63) is 35.8 Å². The van der Waals surface area contributed by atoms with Gasteiger partial charge in [0.1, 0.15) is 11.3 Å². The van der Waals surface area contributed by atoms with Gasteiger partial charge in [-0.05, 0) is 25.0 Å². The highest BCUT2D eigenvalue weighted by Crippen LogP contribution is 2.37. The fraction of sp³-hybridized carbons (Fsp3) is 0.357. The van der Waals surface area contributed by atoms with E-state index in [0.717, 1.165) is 29.6 Å². The van der Waals surface area contributed by atoms with Crippen LogP contribution in [0.25, 0.3) is 10.9 Å². The maximum Gasteiger partial charge on any atom is 0.149 e. The van der Waals surface area contributed by atoms with Crippen LogP contribution in [0.15, 0.2) is 24.3 Å². The van der Waals surface area contributed by atoms with Crippen molar-refractivity contribution in [1.29, 1.82) is 0 Å². The molecular weight excluding hydrogens is 229 g/mol. The summed E-state index contributed by atoms with van der Waals surface area (Å²) in [5.41, 5.74) is 4.87. The predicted molar refractivity (Wildman–Crippen MR) is 70.7 cm³/mol. The Kier molecular flexibility index (Phi) is 2.88. The number of fused-ring (bicyclic) bond motifs is 1. The van der Waals surface area contributed by atoms with Crippen LogP contribution in [-0.2, 0) is 0 Å². The summed E-state index contributed by atoms with van der Waals surface area (Å²) in [6.07, 6.45) is 4.65. The third-order valence-electron chi connectivity index (χ3n) is 3.72. The molecule has 4 heteroatoms. The zero-order valence-corrected chi connectivity index (χ0v) is 10.1. The van der Waals surface area contributed by atoms with Crippen LogP contribution in [0, 0.1) is 5.82 Å². The first-order valence-electron chi connectivity index (χ1n) is 6.35. The van der Waals surface area contributed by atoms with E-state index >= 15 is 0 Å². The average Bonchev–Trinajstić information content (AvgIpc) is 2.91. The number of pyridine rings is 1. The number of benzene rings is 1. The molecule has 0 saturated heterocycles. The number of nitrogens with one attached hydrogen (secondary N) is 1. The second-order valence-corrected chi connectivity index (χ2v) is 4.86. The molecule has 1 aliphatic rings. The van der Waals surface area contributed by atoms with Crippen molar-refractivity contribution in [2.24, 2.45) is 5.84 Å². The minimum absolute atomic E-state index is 0.268. The molecule has 3 rings (SSSR count). The summed E-state index contributed by atoms with van der Waals surface area (Å²) in [6.45, 7) is 0. The van der Waals surface area contributed by atoms with Gasteiger partial charge in [-0.1, -0.05) is 25.0 Å². The second-order valence-electron chi connectivity index (χ2n) is 4.86. The number of halogens is 1. The van der Waals surface area contributed by atoms with E-state index in [1.165, 1.54) is 18.9 Å². The maximum absolute atomic E-state index is 13.8. The largest absolute Gasteiger partial charge is 0.322 e. The molecule has 1 saturated carbocycles. The van der Waals surface area contributed by atoms with Crippen LogP contribution in [-0.4, -0.2) is 4.98 Å². The smallest absolute Gasteiger partial charge is 0.149 e. The summed E-state index contributed by atoms with van der Waals surface area (Å²) in [5, 5.41) is 0.782. The molecule has 1 heterocycles. The predicted octanol–water partition coefficient (Wildman–Crippen LogP) is 3.32. The summed E-state index contributed by atoms with van der Waals surface area (Å²) < 4.78 is 13.8. The molecule has 0 amide bonds. The van der Waals surface area contributed by atoms with Crippen LogP contribution in [0.1, 0.15) is 37.3 Å². The maximum atomic E-state index is 13.8. The van der Waals surface area contributed by atoms with E-state index in [2.05, 4.69) is 10.4 Å². The van der Waals surface area contributed by atoms with Gasteiger partial charge in [-0.3, -0.25) is 5.84 Å². The average molecular weight is 245 g/mol. The summed E-state index contributed by atoms with van der Waals surface area (Å²) in [5.74, 6) is 5.70. The van der Waals surface area contributed by atoms with E-state index in [0.29, 0.717) is 11.4 Å². The molecule has 0 radical (unpaired) electrons. The molecule has 1 aromatic carbocycles. The van der Waals surface area contributed by atoms with Crippen LogP contribution in [0.2, 0.25) is 0 Å². The summed E-state index contributed by atoms with van der Waals surface area (Å²) in [4.78, 5) is 4.51. The van der Waals surface area contributed by atoms with Crippen LogP contribution in [0.4, 0.5) is 10.1 Å². The highest BCUT2D eigenvalue weighted by molar-refractivity contribution is 5.83. The number of nitrogens with two attached hydrogens (primary N) is 1. The molecule has 0 unspecified atom stereocenters. The Morgan fingerprint density at radius 3 is 2.78 bits per heavy atom. The zero-order chi connectivity index (χ0) is 12.5. The van der Waals surface area contributed by atoms with Gasteiger partial charge in [-0.15, -0.1) is 0 Å². The number of rotatable bonds is 2. The fourth-order valence-corrected chi connectivity index (χ4v) is 2.80. The number of aromatic nitrogens is 1. The Labute approximate surface area is 105 Å². The Balaban J connectivity index is 2.19. The number of nitrogen functional groups attached to an aromatic ring is 1. The molecule has 0 spiro atoms. The Morgan fingerprint density at radius 2 is 2.06 bits per heavy atom. The van der Waals surface area contributed by atoms with Crippen LogP contribution >= 0.6 is 0 Å². The quantitative estimate of drug-likeness (QED) is 0.630. The van der Waals surface area contributed by atoms with Crippen molar-refractivity contribution in [3.8, 4) is 0 Å². The third kappa shape index (κ3) is 1.82. The van der Waals surface area contributed by atoms with Crippen LogP contribution < -0.4 is 11.3 Å². The molecule has 0 bridgehead atoms. The summed E-state index contributed by atoms with van der Waals surface area (Å²) in [6, 6.07) is 6.88. The minimum Gasteiger partial charge on any atom is -0.322 e. The van der Waals surface area contributed by atoms with Gasteiger partial charge in [0, 0.05) is 11.3 Å².